The standard InChI is InChI=1S/C24H22FN2O5P/c25-20-8-4-5-9-22(20)31-23-13-19-18(12-21(23)27(28)29)14-30-15-24(19)32-33(26-10-11-26)16-17-6-2-1-3-7-17/h1-9,12-13,24H,10-11,14-16H2. The molecule has 0 bridgehead atoms. The van der Waals surface area contributed by atoms with Crippen molar-refractivity contribution in [3.8, 4) is 11.5 Å². The lowest BCUT2D eigenvalue weighted by Gasteiger charge is -2.30. The number of hydrogen-bond acceptors (Lipinski definition) is 6. The van der Waals surface area contributed by atoms with Gasteiger partial charge in [0.05, 0.1) is 18.1 Å². The van der Waals surface area contributed by atoms with Crippen LogP contribution in [0, 0.1) is 15.9 Å². The van der Waals surface area contributed by atoms with Crippen LogP contribution in [-0.2, 0) is 22.0 Å². The Balaban J connectivity index is 1.45. The zero-order chi connectivity index (χ0) is 22.8. The van der Waals surface area contributed by atoms with E-state index in [2.05, 4.69) is 16.8 Å². The summed E-state index contributed by atoms with van der Waals surface area (Å²) in [5.74, 6) is -0.674. The Morgan fingerprint density at radius 3 is 2.58 bits per heavy atom. The van der Waals surface area contributed by atoms with Crippen molar-refractivity contribution in [1.82, 2.24) is 4.67 Å². The smallest absolute Gasteiger partial charge is 0.311 e. The van der Waals surface area contributed by atoms with E-state index < -0.39 is 25.1 Å². The molecule has 2 unspecified atom stereocenters. The summed E-state index contributed by atoms with van der Waals surface area (Å²) in [5.41, 5.74) is 2.42. The zero-order valence-corrected chi connectivity index (χ0v) is 18.6. The molecule has 1 saturated heterocycles. The first-order valence-electron chi connectivity index (χ1n) is 10.6. The van der Waals surface area contributed by atoms with Crippen LogP contribution in [0.15, 0.2) is 66.7 Å². The lowest BCUT2D eigenvalue weighted by Crippen LogP contribution is -2.19. The third-order valence-electron chi connectivity index (χ3n) is 5.50. The van der Waals surface area contributed by atoms with Crippen LogP contribution in [0.3, 0.4) is 0 Å². The summed E-state index contributed by atoms with van der Waals surface area (Å²) >= 11 is 0. The summed E-state index contributed by atoms with van der Waals surface area (Å²) in [4.78, 5) is 11.2. The molecule has 5 rings (SSSR count). The first-order valence-corrected chi connectivity index (χ1v) is 12.0. The largest absolute Gasteiger partial charge is 0.447 e. The fourth-order valence-corrected chi connectivity index (χ4v) is 5.67. The van der Waals surface area contributed by atoms with Crippen LogP contribution in [0.5, 0.6) is 11.5 Å². The number of halogens is 1. The summed E-state index contributed by atoms with van der Waals surface area (Å²) in [6.07, 6.45) is 0.390. The van der Waals surface area contributed by atoms with Gasteiger partial charge in [0.15, 0.2) is 11.6 Å². The average Bonchev–Trinajstić information content (AvgIpc) is 3.66. The maximum Gasteiger partial charge on any atom is 0.311 e. The number of rotatable bonds is 8. The molecule has 2 aliphatic heterocycles. The Labute approximate surface area is 191 Å². The molecule has 1 fully saturated rings. The molecule has 0 aliphatic carbocycles. The fourth-order valence-electron chi connectivity index (χ4n) is 3.73. The molecule has 9 heteroatoms. The normalized spacial score (nSPS) is 18.4. The van der Waals surface area contributed by atoms with E-state index in [0.29, 0.717) is 12.2 Å². The van der Waals surface area contributed by atoms with E-state index in [9.17, 15) is 14.5 Å². The highest BCUT2D eigenvalue weighted by molar-refractivity contribution is 7.49. The second kappa shape index (κ2) is 9.53. The molecule has 3 aromatic carbocycles. The molecule has 0 radical (unpaired) electrons. The van der Waals surface area contributed by atoms with Crippen LogP contribution in [0.2, 0.25) is 0 Å². The third-order valence-corrected chi connectivity index (χ3v) is 7.66. The van der Waals surface area contributed by atoms with Crippen molar-refractivity contribution in [3.05, 3.63) is 99.4 Å². The maximum atomic E-state index is 14.2. The van der Waals surface area contributed by atoms with Crippen LogP contribution >= 0.6 is 8.30 Å². The first kappa shape index (κ1) is 21.9. The highest BCUT2D eigenvalue weighted by atomic mass is 31.2. The minimum absolute atomic E-state index is 0.0153. The summed E-state index contributed by atoms with van der Waals surface area (Å²) in [7, 11) is -0.896. The second-order valence-electron chi connectivity index (χ2n) is 7.87. The molecular weight excluding hydrogens is 446 g/mol. The van der Waals surface area contributed by atoms with Gasteiger partial charge in [0, 0.05) is 25.3 Å². The van der Waals surface area contributed by atoms with E-state index in [1.54, 1.807) is 12.1 Å². The van der Waals surface area contributed by atoms with Crippen molar-refractivity contribution >= 4 is 14.0 Å². The van der Waals surface area contributed by atoms with Gasteiger partial charge in [-0.2, -0.15) is 0 Å². The zero-order valence-electron chi connectivity index (χ0n) is 17.7. The molecule has 0 spiro atoms. The van der Waals surface area contributed by atoms with Crippen LogP contribution in [-0.4, -0.2) is 29.3 Å². The molecule has 3 aromatic rings. The summed E-state index contributed by atoms with van der Waals surface area (Å²) in [6.45, 7) is 2.56. The minimum atomic E-state index is -0.896. The van der Waals surface area contributed by atoms with Crippen molar-refractivity contribution in [2.45, 2.75) is 18.9 Å². The van der Waals surface area contributed by atoms with Gasteiger partial charge in [0.1, 0.15) is 14.4 Å². The second-order valence-corrected chi connectivity index (χ2v) is 9.66. The Morgan fingerprint density at radius 2 is 1.85 bits per heavy atom. The number of ether oxygens (including phenoxy) is 2. The average molecular weight is 468 g/mol. The van der Waals surface area contributed by atoms with Crippen molar-refractivity contribution in [1.29, 1.82) is 0 Å². The fraction of sp³-hybridized carbons (Fsp3) is 0.250. The lowest BCUT2D eigenvalue weighted by atomic mass is 9.99. The van der Waals surface area contributed by atoms with Gasteiger partial charge in [-0.05, 0) is 34.9 Å². The van der Waals surface area contributed by atoms with Crippen LogP contribution in [0.4, 0.5) is 10.1 Å². The summed E-state index contributed by atoms with van der Waals surface area (Å²) < 4.78 is 34.4. The summed E-state index contributed by atoms with van der Waals surface area (Å²) in [6, 6.07) is 19.0. The molecule has 0 amide bonds. The lowest BCUT2D eigenvalue weighted by molar-refractivity contribution is -0.385. The molecule has 0 N–H and O–H groups in total. The SMILES string of the molecule is O=[N+]([O-])c1cc2c(cc1Oc1ccccc1F)C(OP(Cc1ccccc1)N1CC1)COC2. The van der Waals surface area contributed by atoms with Gasteiger partial charge in [-0.25, -0.2) is 4.39 Å². The number of nitro groups is 1. The van der Waals surface area contributed by atoms with Crippen molar-refractivity contribution < 1.29 is 23.3 Å². The molecule has 2 atom stereocenters. The van der Waals surface area contributed by atoms with Gasteiger partial charge in [-0.15, -0.1) is 0 Å². The van der Waals surface area contributed by atoms with Crippen molar-refractivity contribution in [2.24, 2.45) is 0 Å². The van der Waals surface area contributed by atoms with E-state index >= 15 is 0 Å². The van der Waals surface area contributed by atoms with Crippen molar-refractivity contribution in [2.75, 3.05) is 19.7 Å². The van der Waals surface area contributed by atoms with Gasteiger partial charge in [0.25, 0.3) is 0 Å². The quantitative estimate of drug-likeness (QED) is 0.176. The van der Waals surface area contributed by atoms with Gasteiger partial charge in [-0.3, -0.25) is 14.8 Å². The Hall–Kier alpha value is -2.90. The van der Waals surface area contributed by atoms with Crippen LogP contribution < -0.4 is 4.74 Å². The van der Waals surface area contributed by atoms with Crippen LogP contribution in [0.25, 0.3) is 0 Å². The van der Waals surface area contributed by atoms with E-state index in [1.165, 1.54) is 29.8 Å². The monoisotopic (exact) mass is 468 g/mol. The summed E-state index contributed by atoms with van der Waals surface area (Å²) in [5, 5.41) is 11.7. The van der Waals surface area contributed by atoms with Gasteiger partial charge in [-0.1, -0.05) is 42.5 Å². The number of fused-ring (bicyclic) bond motifs is 1. The molecular formula is C24H22FN2O5P. The van der Waals surface area contributed by atoms with E-state index in [4.69, 9.17) is 14.0 Å². The third kappa shape index (κ3) is 5.04. The maximum absolute atomic E-state index is 14.2. The molecule has 33 heavy (non-hydrogen) atoms. The van der Waals surface area contributed by atoms with Gasteiger partial charge in [0.2, 0.25) is 5.75 Å². The van der Waals surface area contributed by atoms with Gasteiger partial charge < -0.3 is 14.0 Å². The predicted octanol–water partition coefficient (Wildman–Crippen LogP) is 5.94. The number of hydrogen-bond donors (Lipinski definition) is 0. The number of para-hydroxylation sites is 1. The molecule has 0 aromatic heterocycles. The Kier molecular flexibility index (Phi) is 6.33. The topological polar surface area (TPSA) is 73.8 Å². The number of nitro benzene ring substituents is 1. The molecule has 2 aliphatic rings. The predicted molar refractivity (Wildman–Crippen MR) is 122 cm³/mol. The molecule has 170 valence electrons. The van der Waals surface area contributed by atoms with Crippen molar-refractivity contribution in [3.63, 3.8) is 0 Å². The molecule has 2 heterocycles. The van der Waals surface area contributed by atoms with Crippen LogP contribution in [0.1, 0.15) is 22.8 Å². The molecule has 7 nitrogen and oxygen atoms in total. The van der Waals surface area contributed by atoms with Gasteiger partial charge >= 0.3 is 5.69 Å². The molecule has 0 saturated carbocycles. The number of nitrogens with zero attached hydrogens (tertiary/aromatic N) is 2. The number of benzene rings is 3. The Bertz CT molecular complexity index is 1160. The van der Waals surface area contributed by atoms with E-state index in [1.807, 2.05) is 18.2 Å². The highest BCUT2D eigenvalue weighted by Gasteiger charge is 2.35. The first-order chi connectivity index (χ1) is 16.1. The van der Waals surface area contributed by atoms with E-state index in [0.717, 1.165) is 24.8 Å². The Morgan fingerprint density at radius 1 is 1.09 bits per heavy atom. The van der Waals surface area contributed by atoms with E-state index in [-0.39, 0.29) is 23.8 Å². The minimum Gasteiger partial charge on any atom is -0.447 e. The highest BCUT2D eigenvalue weighted by Crippen LogP contribution is 2.53.